The van der Waals surface area contributed by atoms with Gasteiger partial charge in [0, 0.05) is 66.3 Å². The van der Waals surface area contributed by atoms with E-state index in [1.54, 1.807) is 0 Å². The van der Waals surface area contributed by atoms with Crippen molar-refractivity contribution in [2.24, 2.45) is 7.05 Å². The molecule has 0 unspecified atom stereocenters. The normalized spacial score (nSPS) is 11.8. The minimum absolute atomic E-state index is 0.196. The van der Waals surface area contributed by atoms with Gasteiger partial charge in [-0.15, -0.1) is 0 Å². The number of aliphatic hydroxyl groups excluding tert-OH is 1. The second kappa shape index (κ2) is 7.37. The largest absolute Gasteiger partial charge is 0.396 e. The first kappa shape index (κ1) is 17.5. The predicted octanol–water partition coefficient (Wildman–Crippen LogP) is 4.48. The van der Waals surface area contributed by atoms with Crippen LogP contribution >= 0.6 is 0 Å². The standard InChI is InChI=1S/C24H25N2O/c1-18-8-13-23-19(16-18)9-11-21(26(23)14-5-15-27)12-10-20-17-25(2)24-7-4-3-6-22(20)24/h3-4,6-13,16-17,27H,5,14-15H2,1-2H3/q+1. The molecule has 2 aromatic heterocycles. The molecule has 4 aromatic rings. The fourth-order valence-electron chi connectivity index (χ4n) is 3.76. The Morgan fingerprint density at radius 2 is 1.89 bits per heavy atom. The van der Waals surface area contributed by atoms with Crippen molar-refractivity contribution in [1.29, 1.82) is 0 Å². The lowest BCUT2D eigenvalue weighted by Crippen LogP contribution is -2.38. The first-order chi connectivity index (χ1) is 13.2. The number of benzene rings is 2. The average Bonchev–Trinajstić information content (AvgIpc) is 3.01. The molecule has 0 fully saturated rings. The van der Waals surface area contributed by atoms with E-state index < -0.39 is 0 Å². The van der Waals surface area contributed by atoms with Crippen LogP contribution in [0.3, 0.4) is 0 Å². The third-order valence-electron chi connectivity index (χ3n) is 5.12. The zero-order chi connectivity index (χ0) is 18.8. The lowest BCUT2D eigenvalue weighted by molar-refractivity contribution is -0.673. The first-order valence-corrected chi connectivity index (χ1v) is 9.43. The Bertz CT molecular complexity index is 1140. The van der Waals surface area contributed by atoms with Gasteiger partial charge in [0.15, 0.2) is 6.54 Å². The Balaban J connectivity index is 1.80. The number of rotatable bonds is 5. The van der Waals surface area contributed by atoms with Gasteiger partial charge in [-0.05, 0) is 31.2 Å². The van der Waals surface area contributed by atoms with Crippen LogP contribution in [0.15, 0.2) is 60.8 Å². The fourth-order valence-corrected chi connectivity index (χ4v) is 3.76. The molecule has 0 atom stereocenters. The van der Waals surface area contributed by atoms with Crippen molar-refractivity contribution in [3.63, 3.8) is 0 Å². The van der Waals surface area contributed by atoms with Crippen LogP contribution in [0.1, 0.15) is 23.2 Å². The summed E-state index contributed by atoms with van der Waals surface area (Å²) in [7, 11) is 2.08. The van der Waals surface area contributed by atoms with Gasteiger partial charge in [-0.25, -0.2) is 0 Å². The van der Waals surface area contributed by atoms with Crippen LogP contribution in [0.4, 0.5) is 0 Å². The molecule has 2 heterocycles. The number of hydrogen-bond donors (Lipinski definition) is 1. The SMILES string of the molecule is Cc1ccc2c(ccc(/C=C/c3cn(C)c4ccccc34)[n+]2CCCO)c1. The zero-order valence-electron chi connectivity index (χ0n) is 15.9. The van der Waals surface area contributed by atoms with Crippen LogP contribution in [0.5, 0.6) is 0 Å². The Morgan fingerprint density at radius 3 is 2.74 bits per heavy atom. The maximum Gasteiger partial charge on any atom is 0.212 e. The summed E-state index contributed by atoms with van der Waals surface area (Å²) in [5.74, 6) is 0. The third-order valence-corrected chi connectivity index (χ3v) is 5.12. The van der Waals surface area contributed by atoms with Gasteiger partial charge in [0.2, 0.25) is 11.2 Å². The van der Waals surface area contributed by atoms with Gasteiger partial charge in [0.25, 0.3) is 0 Å². The van der Waals surface area contributed by atoms with Crippen molar-refractivity contribution < 1.29 is 9.67 Å². The molecule has 0 saturated heterocycles. The molecule has 3 nitrogen and oxygen atoms in total. The summed E-state index contributed by atoms with van der Waals surface area (Å²) < 4.78 is 4.46. The van der Waals surface area contributed by atoms with Gasteiger partial charge in [-0.1, -0.05) is 29.8 Å². The zero-order valence-corrected chi connectivity index (χ0v) is 15.9. The minimum atomic E-state index is 0.196. The predicted molar refractivity (Wildman–Crippen MR) is 112 cm³/mol. The Hall–Kier alpha value is -2.91. The highest BCUT2D eigenvalue weighted by Crippen LogP contribution is 2.22. The summed E-state index contributed by atoms with van der Waals surface area (Å²) in [4.78, 5) is 0. The minimum Gasteiger partial charge on any atom is -0.396 e. The highest BCUT2D eigenvalue weighted by molar-refractivity contribution is 5.91. The molecule has 4 rings (SSSR count). The highest BCUT2D eigenvalue weighted by Gasteiger charge is 2.14. The average molecular weight is 357 g/mol. The van der Waals surface area contributed by atoms with E-state index in [1.807, 2.05) is 0 Å². The first-order valence-electron chi connectivity index (χ1n) is 9.43. The quantitative estimate of drug-likeness (QED) is 0.524. The van der Waals surface area contributed by atoms with Crippen molar-refractivity contribution in [3.8, 4) is 0 Å². The summed E-state index contributed by atoms with van der Waals surface area (Å²) in [5.41, 5.74) is 6.06. The van der Waals surface area contributed by atoms with Crippen LogP contribution in [-0.4, -0.2) is 16.3 Å². The van der Waals surface area contributed by atoms with Crippen LogP contribution in [0.25, 0.3) is 34.0 Å². The van der Waals surface area contributed by atoms with E-state index in [1.165, 1.54) is 32.9 Å². The van der Waals surface area contributed by atoms with Crippen molar-refractivity contribution in [2.75, 3.05) is 6.61 Å². The van der Waals surface area contributed by atoms with Crippen molar-refractivity contribution in [3.05, 3.63) is 77.6 Å². The van der Waals surface area contributed by atoms with Gasteiger partial charge >= 0.3 is 0 Å². The number of fused-ring (bicyclic) bond motifs is 2. The molecule has 27 heavy (non-hydrogen) atoms. The van der Waals surface area contributed by atoms with E-state index in [9.17, 15) is 5.11 Å². The summed E-state index contributed by atoms with van der Waals surface area (Å²) >= 11 is 0. The third kappa shape index (κ3) is 3.38. The molecular formula is C24H25N2O+. The summed E-state index contributed by atoms with van der Waals surface area (Å²) in [6.07, 6.45) is 7.28. The lowest BCUT2D eigenvalue weighted by atomic mass is 10.1. The van der Waals surface area contributed by atoms with E-state index >= 15 is 0 Å². The number of aryl methyl sites for hydroxylation is 3. The second-order valence-electron chi connectivity index (χ2n) is 7.10. The fraction of sp³-hybridized carbons (Fsp3) is 0.208. The van der Waals surface area contributed by atoms with Crippen LogP contribution in [-0.2, 0) is 13.6 Å². The summed E-state index contributed by atoms with van der Waals surface area (Å²) in [6, 6.07) is 19.4. The van der Waals surface area contributed by atoms with Gasteiger partial charge < -0.3 is 9.67 Å². The molecule has 0 spiro atoms. The highest BCUT2D eigenvalue weighted by atomic mass is 16.3. The van der Waals surface area contributed by atoms with Crippen molar-refractivity contribution in [2.45, 2.75) is 19.9 Å². The Kier molecular flexibility index (Phi) is 4.78. The number of hydrogen-bond acceptors (Lipinski definition) is 1. The molecule has 3 heteroatoms. The second-order valence-corrected chi connectivity index (χ2v) is 7.10. The number of pyridine rings is 1. The van der Waals surface area contributed by atoms with Crippen LogP contribution in [0, 0.1) is 6.92 Å². The van der Waals surface area contributed by atoms with Gasteiger partial charge in [0.1, 0.15) is 0 Å². The molecular weight excluding hydrogens is 332 g/mol. The van der Waals surface area contributed by atoms with E-state index in [4.69, 9.17) is 0 Å². The van der Waals surface area contributed by atoms with Gasteiger partial charge in [-0.3, -0.25) is 0 Å². The molecule has 2 aromatic carbocycles. The molecule has 0 radical (unpaired) electrons. The van der Waals surface area contributed by atoms with Crippen LogP contribution < -0.4 is 4.57 Å². The lowest BCUT2D eigenvalue weighted by Gasteiger charge is -2.05. The Labute approximate surface area is 159 Å². The molecule has 0 saturated carbocycles. The van der Waals surface area contributed by atoms with Gasteiger partial charge in [0.05, 0.1) is 0 Å². The summed E-state index contributed by atoms with van der Waals surface area (Å²) in [6.45, 7) is 3.11. The number of para-hydroxylation sites is 1. The maximum absolute atomic E-state index is 9.33. The van der Waals surface area contributed by atoms with Crippen molar-refractivity contribution in [1.82, 2.24) is 4.57 Å². The number of nitrogens with zero attached hydrogens (tertiary/aromatic N) is 2. The van der Waals surface area contributed by atoms with E-state index in [-0.39, 0.29) is 6.61 Å². The summed E-state index contributed by atoms with van der Waals surface area (Å²) in [5, 5.41) is 11.8. The van der Waals surface area contributed by atoms with Crippen molar-refractivity contribution >= 4 is 34.0 Å². The molecule has 0 aliphatic rings. The number of aliphatic hydroxyl groups is 1. The van der Waals surface area contributed by atoms with E-state index in [0.717, 1.165) is 18.7 Å². The van der Waals surface area contributed by atoms with Crippen LogP contribution in [0.2, 0.25) is 0 Å². The molecule has 1 N–H and O–H groups in total. The molecule has 0 aliphatic heterocycles. The van der Waals surface area contributed by atoms with E-state index in [0.29, 0.717) is 0 Å². The molecule has 0 aliphatic carbocycles. The molecule has 0 bridgehead atoms. The molecule has 0 amide bonds. The van der Waals surface area contributed by atoms with E-state index in [2.05, 4.69) is 96.1 Å². The van der Waals surface area contributed by atoms with Gasteiger partial charge in [-0.2, -0.15) is 4.57 Å². The maximum atomic E-state index is 9.33. The smallest absolute Gasteiger partial charge is 0.212 e. The Morgan fingerprint density at radius 1 is 1.04 bits per heavy atom. The topological polar surface area (TPSA) is 29.0 Å². The number of aromatic nitrogens is 2. The molecule has 136 valence electrons. The monoisotopic (exact) mass is 357 g/mol.